The third-order valence-electron chi connectivity index (χ3n) is 1.52. The van der Waals surface area contributed by atoms with E-state index < -0.39 is 3.79 Å². The molecular weight excluding hydrogens is 255 g/mol. The molecule has 3 nitrogen and oxygen atoms in total. The van der Waals surface area contributed by atoms with Crippen molar-refractivity contribution >= 4 is 51.3 Å². The molecule has 0 aliphatic rings. The molecule has 74 valence electrons. The van der Waals surface area contributed by atoms with E-state index in [1.165, 1.54) is 11.3 Å². The molecule has 3 N–H and O–H groups in total. The Balaban J connectivity index is 2.97. The topological polar surface area (TPSA) is 50.1 Å². The van der Waals surface area contributed by atoms with Crippen LogP contribution < -0.4 is 10.5 Å². The summed E-state index contributed by atoms with van der Waals surface area (Å²) in [5, 5.41) is 9.58. The fourth-order valence-electron chi connectivity index (χ4n) is 0.873. The number of hydrogen-bond acceptors (Lipinski definition) is 3. The van der Waals surface area contributed by atoms with Crippen molar-refractivity contribution in [3.63, 3.8) is 0 Å². The van der Waals surface area contributed by atoms with Crippen molar-refractivity contribution in [1.29, 1.82) is 0 Å². The fourth-order valence-corrected chi connectivity index (χ4v) is 2.51. The van der Waals surface area contributed by atoms with Crippen LogP contribution in [0.1, 0.15) is 10.6 Å². The van der Waals surface area contributed by atoms with Gasteiger partial charge in [-0.15, -0.1) is 0 Å². The summed E-state index contributed by atoms with van der Waals surface area (Å²) in [5.74, 6) is 0. The molecular formula is C6H8Cl3N2OS+. The monoisotopic (exact) mass is 261 g/mol. The molecule has 0 atom stereocenters. The summed E-state index contributed by atoms with van der Waals surface area (Å²) in [5.41, 5.74) is 6.07. The highest BCUT2D eigenvalue weighted by molar-refractivity contribution is 7.15. The van der Waals surface area contributed by atoms with E-state index in [-0.39, 0.29) is 11.6 Å². The average Bonchev–Trinajstić information content (AvgIpc) is 2.15. The van der Waals surface area contributed by atoms with Gasteiger partial charge in [0, 0.05) is 13.3 Å². The second kappa shape index (κ2) is 3.69. The van der Waals surface area contributed by atoms with Gasteiger partial charge in [-0.2, -0.15) is 0 Å². The maximum Gasteiger partial charge on any atom is 0.371 e. The van der Waals surface area contributed by atoms with Crippen molar-refractivity contribution in [3.8, 4) is 0 Å². The largest absolute Gasteiger partial charge is 0.371 e. The smallest absolute Gasteiger partial charge is 0.349 e. The van der Waals surface area contributed by atoms with Gasteiger partial charge in [-0.3, -0.25) is 5.73 Å². The molecule has 0 aliphatic carbocycles. The minimum absolute atomic E-state index is 0.242. The zero-order valence-electron chi connectivity index (χ0n) is 6.72. The van der Waals surface area contributed by atoms with Crippen LogP contribution in [0.25, 0.3) is 0 Å². The predicted octanol–water partition coefficient (Wildman–Crippen LogP) is 2.08. The second-order valence-electron chi connectivity index (χ2n) is 2.55. The van der Waals surface area contributed by atoms with Crippen LogP contribution in [0.3, 0.4) is 0 Å². The maximum atomic E-state index is 9.30. The zero-order chi connectivity index (χ0) is 10.2. The molecule has 0 fully saturated rings. The number of aromatic nitrogens is 1. The molecule has 1 rings (SSSR count). The molecule has 0 amide bonds. The number of thiazole rings is 1. The lowest BCUT2D eigenvalue weighted by molar-refractivity contribution is -0.894. The van der Waals surface area contributed by atoms with Crippen LogP contribution in [-0.4, -0.2) is 9.00 Å². The molecule has 0 aromatic carbocycles. The number of hydrogen-bond donors (Lipinski definition) is 2. The Morgan fingerprint density at radius 2 is 2.08 bits per heavy atom. The quantitative estimate of drug-likeness (QED) is 0.462. The number of nitrogens with zero attached hydrogens (tertiary/aromatic N) is 1. The minimum Gasteiger partial charge on any atom is -0.349 e. The van der Waals surface area contributed by atoms with Crippen LogP contribution in [0.4, 0.5) is 5.13 Å². The van der Waals surface area contributed by atoms with E-state index in [2.05, 4.69) is 0 Å². The van der Waals surface area contributed by atoms with Gasteiger partial charge in [0.05, 0.1) is 4.88 Å². The van der Waals surface area contributed by atoms with Crippen LogP contribution >= 0.6 is 46.1 Å². The van der Waals surface area contributed by atoms with Crippen molar-refractivity contribution in [2.45, 2.75) is 17.1 Å². The van der Waals surface area contributed by atoms with E-state index in [1.807, 2.05) is 0 Å². The van der Waals surface area contributed by atoms with Crippen molar-refractivity contribution in [1.82, 2.24) is 0 Å². The maximum absolute atomic E-state index is 9.30. The number of rotatable bonds is 1. The highest BCUT2D eigenvalue weighted by Crippen LogP contribution is 2.33. The number of anilines is 1. The van der Waals surface area contributed by atoms with Gasteiger partial charge in [0.2, 0.25) is 0 Å². The summed E-state index contributed by atoms with van der Waals surface area (Å²) in [4.78, 5) is 0.764. The van der Waals surface area contributed by atoms with Crippen LogP contribution in [-0.2, 0) is 6.42 Å². The number of alkyl halides is 3. The van der Waals surface area contributed by atoms with Gasteiger partial charge in [0.25, 0.3) is 0 Å². The third kappa shape index (κ3) is 2.77. The van der Waals surface area contributed by atoms with Crippen LogP contribution in [0.5, 0.6) is 0 Å². The van der Waals surface area contributed by atoms with E-state index in [0.29, 0.717) is 5.69 Å². The number of halogens is 3. The first kappa shape index (κ1) is 11.2. The van der Waals surface area contributed by atoms with Crippen molar-refractivity contribution < 1.29 is 9.94 Å². The summed E-state index contributed by atoms with van der Waals surface area (Å²) in [7, 11) is 0. The molecule has 13 heavy (non-hydrogen) atoms. The van der Waals surface area contributed by atoms with E-state index in [1.54, 1.807) is 6.92 Å². The predicted molar refractivity (Wildman–Crippen MR) is 54.8 cm³/mol. The number of nitrogens with two attached hydrogens (primary N) is 1. The Morgan fingerprint density at radius 1 is 1.54 bits per heavy atom. The Morgan fingerprint density at radius 3 is 2.38 bits per heavy atom. The average molecular weight is 263 g/mol. The Hall–Kier alpha value is 0.1000. The summed E-state index contributed by atoms with van der Waals surface area (Å²) < 4.78 is -0.467. The molecule has 0 spiro atoms. The van der Waals surface area contributed by atoms with Gasteiger partial charge in [-0.25, -0.2) is 0 Å². The van der Waals surface area contributed by atoms with Crippen LogP contribution in [0.2, 0.25) is 0 Å². The molecule has 1 aromatic rings. The van der Waals surface area contributed by atoms with Gasteiger partial charge in [-0.05, 0) is 16.1 Å². The fraction of sp³-hybridized carbons (Fsp3) is 0.500. The lowest BCUT2D eigenvalue weighted by atomic mass is 10.3. The van der Waals surface area contributed by atoms with E-state index in [9.17, 15) is 5.21 Å². The summed E-state index contributed by atoms with van der Waals surface area (Å²) in [6.45, 7) is 1.71. The van der Waals surface area contributed by atoms with Gasteiger partial charge in [0.1, 0.15) is 0 Å². The van der Waals surface area contributed by atoms with Gasteiger partial charge in [0.15, 0.2) is 9.49 Å². The second-order valence-corrected chi connectivity index (χ2v) is 6.18. The Bertz CT molecular complexity index is 320. The SMILES string of the molecule is Cc1c(CC(Cl)(Cl)Cl)sc(N)[n+]1O. The molecule has 0 unspecified atom stereocenters. The van der Waals surface area contributed by atoms with E-state index in [4.69, 9.17) is 40.5 Å². The molecule has 0 aliphatic heterocycles. The van der Waals surface area contributed by atoms with Crippen molar-refractivity contribution in [2.75, 3.05) is 5.73 Å². The molecule has 7 heteroatoms. The van der Waals surface area contributed by atoms with E-state index >= 15 is 0 Å². The lowest BCUT2D eigenvalue weighted by Gasteiger charge is -2.07. The van der Waals surface area contributed by atoms with Gasteiger partial charge >= 0.3 is 5.13 Å². The molecule has 1 heterocycles. The summed E-state index contributed by atoms with van der Waals surface area (Å²) in [6, 6.07) is 0. The van der Waals surface area contributed by atoms with Gasteiger partial charge < -0.3 is 5.21 Å². The molecule has 1 aromatic heterocycles. The lowest BCUT2D eigenvalue weighted by Crippen LogP contribution is -2.34. The summed E-state index contributed by atoms with van der Waals surface area (Å²) in [6.07, 6.45) is 0.242. The Kier molecular flexibility index (Phi) is 3.17. The van der Waals surface area contributed by atoms with E-state index in [0.717, 1.165) is 9.61 Å². The highest BCUT2D eigenvalue weighted by atomic mass is 35.6. The normalized spacial score (nSPS) is 12.0. The first-order valence-electron chi connectivity index (χ1n) is 3.37. The first-order valence-corrected chi connectivity index (χ1v) is 5.32. The Labute approximate surface area is 94.6 Å². The van der Waals surface area contributed by atoms with Crippen LogP contribution in [0.15, 0.2) is 0 Å². The van der Waals surface area contributed by atoms with Crippen LogP contribution in [0, 0.1) is 6.92 Å². The highest BCUT2D eigenvalue weighted by Gasteiger charge is 2.27. The molecule has 0 saturated heterocycles. The third-order valence-corrected chi connectivity index (χ3v) is 2.99. The standard InChI is InChI=1S/C6H7Cl3N2OS/c1-3-4(2-6(7,8)9)13-5(10)11(3)12/h10,12H,2H2,1H3/p+1. The molecule has 0 radical (unpaired) electrons. The van der Waals surface area contributed by atoms with Crippen molar-refractivity contribution in [3.05, 3.63) is 10.6 Å². The zero-order valence-corrected chi connectivity index (χ0v) is 9.81. The molecule has 0 bridgehead atoms. The number of nitrogen functional groups attached to an aromatic ring is 1. The molecule has 0 saturated carbocycles. The minimum atomic E-state index is -1.35. The summed E-state index contributed by atoms with van der Waals surface area (Å²) >= 11 is 18.0. The first-order chi connectivity index (χ1) is 5.81. The van der Waals surface area contributed by atoms with Crippen molar-refractivity contribution in [2.24, 2.45) is 0 Å². The van der Waals surface area contributed by atoms with Gasteiger partial charge in [-0.1, -0.05) is 34.8 Å².